The van der Waals surface area contributed by atoms with Gasteiger partial charge in [-0.05, 0) is 54.7 Å². The van der Waals surface area contributed by atoms with Gasteiger partial charge in [0.1, 0.15) is 5.69 Å². The zero-order valence-electron chi connectivity index (χ0n) is 18.1. The maximum atomic E-state index is 13.0. The lowest BCUT2D eigenvalue weighted by Crippen LogP contribution is -2.20. The largest absolute Gasteiger partial charge is 0.433 e. The maximum absolute atomic E-state index is 13.0. The van der Waals surface area contributed by atoms with Gasteiger partial charge in [-0.1, -0.05) is 31.5 Å². The van der Waals surface area contributed by atoms with Crippen LogP contribution in [0.2, 0.25) is 0 Å². The van der Waals surface area contributed by atoms with Gasteiger partial charge in [0.2, 0.25) is 15.9 Å². The van der Waals surface area contributed by atoms with Crippen molar-refractivity contribution in [3.63, 3.8) is 0 Å². The molecular formula is C22H26F3N3O3S. The number of carbonyl (C=O) groups is 1. The van der Waals surface area contributed by atoms with E-state index in [1.807, 2.05) is 6.92 Å². The smallest absolute Gasteiger partial charge is 0.348 e. The molecule has 174 valence electrons. The highest BCUT2D eigenvalue weighted by Crippen LogP contribution is 2.29. The third kappa shape index (κ3) is 7.99. The molecule has 0 spiro atoms. The lowest BCUT2D eigenvalue weighted by atomic mass is 10.1. The third-order valence-corrected chi connectivity index (χ3v) is 5.12. The quantitative estimate of drug-likeness (QED) is 0.531. The Bertz CT molecular complexity index is 1100. The first-order valence-electron chi connectivity index (χ1n) is 9.99. The molecule has 0 aliphatic rings. The van der Waals surface area contributed by atoms with Crippen LogP contribution in [0.5, 0.6) is 0 Å². The van der Waals surface area contributed by atoms with Crippen LogP contribution in [0.25, 0.3) is 6.08 Å². The van der Waals surface area contributed by atoms with Gasteiger partial charge in [0.15, 0.2) is 0 Å². The van der Waals surface area contributed by atoms with E-state index in [0.717, 1.165) is 24.3 Å². The van der Waals surface area contributed by atoms with Crippen molar-refractivity contribution in [3.8, 4) is 0 Å². The fourth-order valence-corrected chi connectivity index (χ4v) is 3.56. The number of hydrogen-bond donors (Lipinski definition) is 2. The van der Waals surface area contributed by atoms with Gasteiger partial charge >= 0.3 is 6.18 Å². The molecule has 0 aliphatic heterocycles. The fourth-order valence-electron chi connectivity index (χ4n) is 2.93. The summed E-state index contributed by atoms with van der Waals surface area (Å²) in [6, 6.07) is 7.28. The minimum absolute atomic E-state index is 0.205. The summed E-state index contributed by atoms with van der Waals surface area (Å²) in [5, 5.41) is 2.70. The predicted molar refractivity (Wildman–Crippen MR) is 118 cm³/mol. The van der Waals surface area contributed by atoms with Crippen molar-refractivity contribution < 1.29 is 26.4 Å². The van der Waals surface area contributed by atoms with Gasteiger partial charge in [-0.3, -0.25) is 9.52 Å². The van der Waals surface area contributed by atoms with Crippen molar-refractivity contribution >= 4 is 27.7 Å². The molecule has 0 aliphatic carbocycles. The van der Waals surface area contributed by atoms with Crippen molar-refractivity contribution in [2.24, 2.45) is 0 Å². The molecule has 0 saturated carbocycles. The number of hydrogen-bond acceptors (Lipinski definition) is 4. The standard InChI is InChI=1S/C22H26F3N3O3S/c1-4-5-6-19-17(8-11-20(27-19)22(23,24)25)9-12-21(29)26-14-16-7-10-18(15(2)13-16)28-32(3,30)31/h7-13,28H,4-6,14H2,1-3H3,(H,26,29)/b12-9+. The number of sulfonamides is 1. The number of rotatable bonds is 9. The van der Waals surface area contributed by atoms with E-state index in [1.165, 1.54) is 18.2 Å². The number of benzene rings is 1. The Hall–Kier alpha value is -2.88. The van der Waals surface area contributed by atoms with E-state index in [2.05, 4.69) is 15.0 Å². The molecule has 1 aromatic carbocycles. The minimum Gasteiger partial charge on any atom is -0.348 e. The topological polar surface area (TPSA) is 88.2 Å². The number of anilines is 1. The maximum Gasteiger partial charge on any atom is 0.433 e. The van der Waals surface area contributed by atoms with Crippen LogP contribution >= 0.6 is 0 Å². The second-order valence-electron chi connectivity index (χ2n) is 7.41. The lowest BCUT2D eigenvalue weighted by molar-refractivity contribution is -0.141. The molecule has 2 N–H and O–H groups in total. The fraction of sp³-hybridized carbons (Fsp3) is 0.364. The van der Waals surface area contributed by atoms with Crippen LogP contribution in [-0.4, -0.2) is 25.6 Å². The molecule has 2 aromatic rings. The van der Waals surface area contributed by atoms with Crippen LogP contribution in [0, 0.1) is 6.92 Å². The number of nitrogens with one attached hydrogen (secondary N) is 2. The lowest BCUT2D eigenvalue weighted by Gasteiger charge is -2.11. The highest BCUT2D eigenvalue weighted by Gasteiger charge is 2.32. The summed E-state index contributed by atoms with van der Waals surface area (Å²) in [5.41, 5.74) is 1.74. The Kier molecular flexibility index (Phi) is 8.43. The van der Waals surface area contributed by atoms with Crippen molar-refractivity contribution in [2.45, 2.75) is 45.8 Å². The molecule has 32 heavy (non-hydrogen) atoms. The summed E-state index contributed by atoms with van der Waals surface area (Å²) < 4.78 is 64.0. The molecule has 10 heteroatoms. The zero-order chi connectivity index (χ0) is 23.9. The zero-order valence-corrected chi connectivity index (χ0v) is 18.9. The molecule has 0 unspecified atom stereocenters. The molecule has 0 radical (unpaired) electrons. The van der Waals surface area contributed by atoms with Crippen molar-refractivity contribution in [2.75, 3.05) is 11.0 Å². The number of alkyl halides is 3. The summed E-state index contributed by atoms with van der Waals surface area (Å²) in [5.74, 6) is -0.415. The van der Waals surface area contributed by atoms with Crippen molar-refractivity contribution in [1.29, 1.82) is 0 Å². The molecule has 1 aromatic heterocycles. The van der Waals surface area contributed by atoms with Gasteiger partial charge in [0.25, 0.3) is 0 Å². The van der Waals surface area contributed by atoms with E-state index >= 15 is 0 Å². The Morgan fingerprint density at radius 3 is 2.50 bits per heavy atom. The van der Waals surface area contributed by atoms with E-state index < -0.39 is 27.8 Å². The summed E-state index contributed by atoms with van der Waals surface area (Å²) in [6.45, 7) is 3.88. The van der Waals surface area contributed by atoms with E-state index in [4.69, 9.17) is 0 Å². The van der Waals surface area contributed by atoms with Crippen molar-refractivity contribution in [1.82, 2.24) is 10.3 Å². The second-order valence-corrected chi connectivity index (χ2v) is 9.16. The van der Waals surface area contributed by atoms with Gasteiger partial charge in [-0.2, -0.15) is 13.2 Å². The first kappa shape index (κ1) is 25.4. The van der Waals surface area contributed by atoms with E-state index in [1.54, 1.807) is 25.1 Å². The highest BCUT2D eigenvalue weighted by atomic mass is 32.2. The molecule has 1 amide bonds. The van der Waals surface area contributed by atoms with E-state index in [-0.39, 0.29) is 6.54 Å². The summed E-state index contributed by atoms with van der Waals surface area (Å²) >= 11 is 0. The van der Waals surface area contributed by atoms with Crippen LogP contribution in [0.15, 0.2) is 36.4 Å². The van der Waals surface area contributed by atoms with Crippen molar-refractivity contribution in [3.05, 3.63) is 64.5 Å². The number of aromatic nitrogens is 1. The van der Waals surface area contributed by atoms with E-state index in [0.29, 0.717) is 35.3 Å². The molecule has 1 heterocycles. The average Bonchev–Trinajstić information content (AvgIpc) is 2.69. The Labute approximate surface area is 186 Å². The van der Waals surface area contributed by atoms with Gasteiger partial charge in [0, 0.05) is 18.3 Å². The van der Waals surface area contributed by atoms with Gasteiger partial charge < -0.3 is 5.32 Å². The number of halogens is 3. The van der Waals surface area contributed by atoms with Crippen LogP contribution in [-0.2, 0) is 34.0 Å². The predicted octanol–water partition coefficient (Wildman–Crippen LogP) is 4.45. The molecule has 0 fully saturated rings. The monoisotopic (exact) mass is 469 g/mol. The van der Waals surface area contributed by atoms with Crippen LogP contribution in [0.3, 0.4) is 0 Å². The molecule has 0 saturated heterocycles. The summed E-state index contributed by atoms with van der Waals surface area (Å²) in [7, 11) is -3.39. The average molecular weight is 470 g/mol. The Balaban J connectivity index is 2.06. The number of aryl methyl sites for hydroxylation is 2. The van der Waals surface area contributed by atoms with Gasteiger partial charge in [-0.25, -0.2) is 13.4 Å². The molecule has 0 bridgehead atoms. The summed E-state index contributed by atoms with van der Waals surface area (Å²) in [6.07, 6.45) is 1.13. The SMILES string of the molecule is CCCCc1nc(C(F)(F)F)ccc1/C=C/C(=O)NCc1ccc(NS(C)(=O)=O)c(C)c1. The minimum atomic E-state index is -4.52. The summed E-state index contributed by atoms with van der Waals surface area (Å²) in [4.78, 5) is 15.9. The number of carbonyl (C=O) groups excluding carboxylic acids is 1. The van der Waals surface area contributed by atoms with Crippen LogP contribution in [0.1, 0.15) is 47.8 Å². The number of nitrogens with zero attached hydrogens (tertiary/aromatic N) is 1. The number of amides is 1. The van der Waals surface area contributed by atoms with E-state index in [9.17, 15) is 26.4 Å². The van der Waals surface area contributed by atoms with Crippen LogP contribution in [0.4, 0.5) is 18.9 Å². The molecular weight excluding hydrogens is 443 g/mol. The first-order valence-corrected chi connectivity index (χ1v) is 11.9. The molecule has 6 nitrogen and oxygen atoms in total. The Morgan fingerprint density at radius 1 is 1.19 bits per heavy atom. The van der Waals surface area contributed by atoms with Crippen LogP contribution < -0.4 is 10.0 Å². The molecule has 2 rings (SSSR count). The van der Waals surface area contributed by atoms with Gasteiger partial charge in [0.05, 0.1) is 11.9 Å². The number of pyridine rings is 1. The first-order chi connectivity index (χ1) is 14.9. The number of unbranched alkanes of at least 4 members (excludes halogenated alkanes) is 1. The Morgan fingerprint density at radius 2 is 1.91 bits per heavy atom. The third-order valence-electron chi connectivity index (χ3n) is 4.53. The normalized spacial score (nSPS) is 12.2. The second kappa shape index (κ2) is 10.6. The van der Waals surface area contributed by atoms with Gasteiger partial charge in [-0.15, -0.1) is 0 Å². The highest BCUT2D eigenvalue weighted by molar-refractivity contribution is 7.92. The molecule has 0 atom stereocenters.